The molecule has 0 unspecified atom stereocenters. The molecule has 0 amide bonds. The van der Waals surface area contributed by atoms with Gasteiger partial charge < -0.3 is 21.3 Å². The van der Waals surface area contributed by atoms with E-state index in [0.717, 1.165) is 36.8 Å². The quantitative estimate of drug-likeness (QED) is 0.0528. The second-order valence-electron chi connectivity index (χ2n) is 9.26. The van der Waals surface area contributed by atoms with Crippen LogP contribution in [-0.2, 0) is 9.59 Å². The van der Waals surface area contributed by atoms with Gasteiger partial charge in [0, 0.05) is 29.7 Å². The molecule has 0 aliphatic rings. The van der Waals surface area contributed by atoms with E-state index in [1.54, 1.807) is 18.2 Å². The molecule has 0 bridgehead atoms. The van der Waals surface area contributed by atoms with E-state index >= 15 is 0 Å². The van der Waals surface area contributed by atoms with Crippen LogP contribution in [0.3, 0.4) is 0 Å². The van der Waals surface area contributed by atoms with E-state index in [1.807, 2.05) is 24.3 Å². The summed E-state index contributed by atoms with van der Waals surface area (Å²) in [6.45, 7) is 0. The number of benzene rings is 3. The van der Waals surface area contributed by atoms with Crippen LogP contribution in [0.25, 0.3) is 17.2 Å². The van der Waals surface area contributed by atoms with Crippen LogP contribution in [0.15, 0.2) is 66.7 Å². The Morgan fingerprint density at radius 2 is 1.41 bits per heavy atom. The van der Waals surface area contributed by atoms with Crippen molar-refractivity contribution in [1.82, 2.24) is 0 Å². The van der Waals surface area contributed by atoms with E-state index < -0.39 is 11.8 Å². The minimum absolute atomic E-state index is 0.193. The van der Waals surface area contributed by atoms with Crippen molar-refractivity contribution in [2.45, 2.75) is 51.4 Å². The highest BCUT2D eigenvalue weighted by molar-refractivity contribution is 6.06. The Labute approximate surface area is 227 Å². The second kappa shape index (κ2) is 14.5. The summed E-state index contributed by atoms with van der Waals surface area (Å²) in [5.41, 5.74) is 15.7. The average molecular weight is 533 g/mol. The summed E-state index contributed by atoms with van der Waals surface area (Å²) in [6, 6.07) is 15.8. The van der Waals surface area contributed by atoms with Gasteiger partial charge in [-0.2, -0.15) is 0 Å². The summed E-state index contributed by atoms with van der Waals surface area (Å²) in [6.07, 6.45) is 8.49. The molecule has 0 saturated heterocycles. The van der Waals surface area contributed by atoms with Gasteiger partial charge in [-0.1, -0.05) is 56.0 Å². The van der Waals surface area contributed by atoms with Gasteiger partial charge in [0.15, 0.2) is 11.5 Å². The first-order valence-corrected chi connectivity index (χ1v) is 12.9. The molecule has 0 atom stereocenters. The monoisotopic (exact) mass is 532 g/mol. The van der Waals surface area contributed by atoms with E-state index in [2.05, 4.69) is 0 Å². The molecule has 0 aliphatic carbocycles. The summed E-state index contributed by atoms with van der Waals surface area (Å²) in [5.74, 6) is -1.55. The van der Waals surface area contributed by atoms with Crippen LogP contribution in [0, 0.1) is 5.82 Å². The van der Waals surface area contributed by atoms with Gasteiger partial charge >= 0.3 is 11.9 Å². The highest BCUT2D eigenvalue weighted by Gasteiger charge is 2.15. The molecule has 0 spiro atoms. The summed E-state index contributed by atoms with van der Waals surface area (Å²) < 4.78 is 18.6. The summed E-state index contributed by atoms with van der Waals surface area (Å²) >= 11 is 0. The minimum atomic E-state index is -0.773. The molecule has 0 radical (unpaired) electrons. The van der Waals surface area contributed by atoms with Gasteiger partial charge in [0.2, 0.25) is 0 Å². The zero-order valence-electron chi connectivity index (χ0n) is 21.7. The van der Waals surface area contributed by atoms with Gasteiger partial charge in [-0.15, -0.1) is 0 Å². The van der Waals surface area contributed by atoms with Crippen molar-refractivity contribution in [2.24, 2.45) is 0 Å². The lowest BCUT2D eigenvalue weighted by Gasteiger charge is -2.14. The Hall–Kier alpha value is -4.46. The normalized spacial score (nSPS) is 11.0. The number of hydrogen-bond acceptors (Lipinski definition) is 6. The lowest BCUT2D eigenvalue weighted by molar-refractivity contribution is -0.137. The topological polar surface area (TPSA) is 133 Å². The molecule has 39 heavy (non-hydrogen) atoms. The van der Waals surface area contributed by atoms with Gasteiger partial charge in [-0.3, -0.25) is 14.4 Å². The Bertz CT molecular complexity index is 1320. The van der Waals surface area contributed by atoms with Crippen molar-refractivity contribution in [3.05, 3.63) is 83.7 Å². The zero-order valence-corrected chi connectivity index (χ0v) is 21.7. The standard InChI is InChI=1S/C31H33FN2O5/c32-24-16-14-22(15-17-24)26(35)19-11-21-9-12-23(13-10-21)30-25(33)18-20-27(31(30)34)39-29(38)8-6-4-2-1-3-5-7-28(36)37/h9-20H,1-8,33-34H2,(H,36,37). The van der Waals surface area contributed by atoms with Crippen molar-refractivity contribution >= 4 is 35.2 Å². The molecule has 5 N–H and O–H groups in total. The number of rotatable bonds is 14. The average Bonchev–Trinajstić information content (AvgIpc) is 2.91. The maximum atomic E-state index is 13.1. The molecule has 3 aromatic rings. The van der Waals surface area contributed by atoms with Gasteiger partial charge in [-0.05, 0) is 66.4 Å². The van der Waals surface area contributed by atoms with Crippen molar-refractivity contribution in [3.8, 4) is 16.9 Å². The number of anilines is 2. The number of ketones is 1. The lowest BCUT2D eigenvalue weighted by atomic mass is 9.99. The first-order chi connectivity index (χ1) is 18.7. The molecule has 0 aromatic heterocycles. The number of aliphatic carboxylic acids is 1. The molecule has 7 nitrogen and oxygen atoms in total. The van der Waals surface area contributed by atoms with E-state index in [-0.39, 0.29) is 36.0 Å². The molecule has 3 aromatic carbocycles. The minimum Gasteiger partial charge on any atom is -0.481 e. The van der Waals surface area contributed by atoms with Crippen molar-refractivity contribution in [2.75, 3.05) is 11.5 Å². The smallest absolute Gasteiger partial charge is 0.311 e. The Morgan fingerprint density at radius 3 is 2.05 bits per heavy atom. The molecule has 204 valence electrons. The number of esters is 1. The maximum absolute atomic E-state index is 13.1. The number of carboxylic acids is 1. The predicted octanol–water partition coefficient (Wildman–Crippen LogP) is 6.66. The first-order valence-electron chi connectivity index (χ1n) is 12.9. The number of nitrogens with two attached hydrogens (primary N) is 2. The zero-order chi connectivity index (χ0) is 28.2. The van der Waals surface area contributed by atoms with Gasteiger partial charge in [0.1, 0.15) is 5.82 Å². The molecule has 0 fully saturated rings. The molecule has 8 heteroatoms. The summed E-state index contributed by atoms with van der Waals surface area (Å²) in [7, 11) is 0. The van der Waals surface area contributed by atoms with E-state index in [4.69, 9.17) is 21.3 Å². The van der Waals surface area contributed by atoms with Crippen LogP contribution in [0.4, 0.5) is 15.8 Å². The number of allylic oxidation sites excluding steroid dienone is 1. The third-order valence-corrected chi connectivity index (χ3v) is 6.24. The summed E-state index contributed by atoms with van der Waals surface area (Å²) in [4.78, 5) is 35.2. The van der Waals surface area contributed by atoms with Crippen LogP contribution in [0.1, 0.15) is 67.3 Å². The number of carbonyl (C=O) groups is 3. The van der Waals surface area contributed by atoms with E-state index in [9.17, 15) is 18.8 Å². The van der Waals surface area contributed by atoms with E-state index in [0.29, 0.717) is 29.7 Å². The number of hydrogen-bond donors (Lipinski definition) is 3. The summed E-state index contributed by atoms with van der Waals surface area (Å²) in [5, 5.41) is 8.65. The third kappa shape index (κ3) is 9.10. The molecular formula is C31H33FN2O5. The van der Waals surface area contributed by atoms with Gasteiger partial charge in [-0.25, -0.2) is 4.39 Å². The second-order valence-corrected chi connectivity index (χ2v) is 9.26. The largest absolute Gasteiger partial charge is 0.481 e. The van der Waals surface area contributed by atoms with Crippen molar-refractivity contribution in [1.29, 1.82) is 0 Å². The van der Waals surface area contributed by atoms with Crippen molar-refractivity contribution in [3.63, 3.8) is 0 Å². The van der Waals surface area contributed by atoms with Crippen LogP contribution < -0.4 is 16.2 Å². The SMILES string of the molecule is Nc1ccc(OC(=O)CCCCCCCCC(=O)O)c(N)c1-c1ccc(C=CC(=O)c2ccc(F)cc2)cc1. The first kappa shape index (κ1) is 29.1. The molecule has 0 heterocycles. The fraction of sp³-hybridized carbons (Fsp3) is 0.258. The highest BCUT2D eigenvalue weighted by Crippen LogP contribution is 2.38. The Balaban J connectivity index is 1.56. The van der Waals surface area contributed by atoms with Gasteiger partial charge in [0.25, 0.3) is 0 Å². The fourth-order valence-electron chi connectivity index (χ4n) is 4.10. The Morgan fingerprint density at radius 1 is 0.795 bits per heavy atom. The number of unbranched alkanes of at least 4 members (excludes halogenated alkanes) is 5. The maximum Gasteiger partial charge on any atom is 0.311 e. The van der Waals surface area contributed by atoms with Gasteiger partial charge in [0.05, 0.1) is 5.69 Å². The third-order valence-electron chi connectivity index (χ3n) is 6.24. The fourth-order valence-corrected chi connectivity index (χ4v) is 4.10. The van der Waals surface area contributed by atoms with Crippen molar-refractivity contribution < 1.29 is 28.6 Å². The van der Waals surface area contributed by atoms with Crippen LogP contribution in [0.2, 0.25) is 0 Å². The predicted molar refractivity (Wildman–Crippen MR) is 151 cm³/mol. The van der Waals surface area contributed by atoms with Crippen LogP contribution in [-0.4, -0.2) is 22.8 Å². The number of nitrogen functional groups attached to an aromatic ring is 2. The molecule has 0 saturated carbocycles. The van der Waals surface area contributed by atoms with Crippen LogP contribution >= 0.6 is 0 Å². The Kier molecular flexibility index (Phi) is 10.8. The number of carbonyl (C=O) groups excluding carboxylic acids is 2. The molecule has 0 aliphatic heterocycles. The van der Waals surface area contributed by atoms with Crippen LogP contribution in [0.5, 0.6) is 5.75 Å². The number of ether oxygens (including phenoxy) is 1. The number of carboxylic acid groups (broad SMARTS) is 1. The highest BCUT2D eigenvalue weighted by atomic mass is 19.1. The molecular weight excluding hydrogens is 499 g/mol. The number of halogens is 1. The lowest BCUT2D eigenvalue weighted by Crippen LogP contribution is -2.10. The van der Waals surface area contributed by atoms with E-state index in [1.165, 1.54) is 30.3 Å². The molecule has 3 rings (SSSR count).